The summed E-state index contributed by atoms with van der Waals surface area (Å²) in [4.78, 5) is 15.0. The Bertz CT molecular complexity index is 3920. The number of aromatic nitrogens is 4. The van der Waals surface area contributed by atoms with Crippen molar-refractivity contribution in [3.63, 3.8) is 0 Å². The molecular formula is C51H32N4O. The normalized spacial score (nSPS) is 14.6. The third-order valence-corrected chi connectivity index (χ3v) is 9.81. The maximum atomic E-state index is 9.80. The smallest absolute Gasteiger partial charge is 0.167 e. The predicted molar refractivity (Wildman–Crippen MR) is 229 cm³/mol. The van der Waals surface area contributed by atoms with Crippen LogP contribution >= 0.6 is 0 Å². The van der Waals surface area contributed by atoms with E-state index in [1.807, 2.05) is 97.1 Å². The number of hydrogen-bond acceptors (Lipinski definition) is 4. The highest BCUT2D eigenvalue weighted by Crippen LogP contribution is 2.38. The summed E-state index contributed by atoms with van der Waals surface area (Å²) < 4.78 is 114. The van der Waals surface area contributed by atoms with E-state index in [1.54, 1.807) is 24.3 Å². The number of para-hydroxylation sites is 4. The highest BCUT2D eigenvalue weighted by atomic mass is 16.3. The summed E-state index contributed by atoms with van der Waals surface area (Å²) in [6.07, 6.45) is 0. The minimum atomic E-state index is -0.709. The van der Waals surface area contributed by atoms with E-state index in [0.717, 1.165) is 26.5 Å². The van der Waals surface area contributed by atoms with Gasteiger partial charge in [0.15, 0.2) is 17.5 Å². The Kier molecular flexibility index (Phi) is 5.10. The minimum Gasteiger partial charge on any atom is -0.455 e. The van der Waals surface area contributed by atoms with E-state index in [1.165, 1.54) is 0 Å². The molecular weight excluding hydrogens is 685 g/mol. The molecule has 3 aromatic heterocycles. The zero-order valence-corrected chi connectivity index (χ0v) is 29.2. The van der Waals surface area contributed by atoms with Crippen molar-refractivity contribution >= 4 is 43.7 Å². The van der Waals surface area contributed by atoms with Crippen molar-refractivity contribution in [1.29, 1.82) is 0 Å². The molecule has 3 heterocycles. The van der Waals surface area contributed by atoms with Crippen molar-refractivity contribution in [2.75, 3.05) is 0 Å². The van der Waals surface area contributed by atoms with Gasteiger partial charge < -0.3 is 8.98 Å². The Labute approximate surface area is 339 Å². The molecule has 8 aromatic carbocycles. The predicted octanol–water partition coefficient (Wildman–Crippen LogP) is 13.2. The standard InChI is InChI=1S/C51H32N4O/c1-3-13-33(14-4-1)34-25-27-35(28-26-34)49-52-50(54-51(53-49)44-22-12-21-43-42-20-8-10-24-47(42)56-48(43)44)38-16-11-15-36(31-38)37-29-30-41-40-19-7-9-23-45(40)55(46(41)32-37)39-17-5-2-6-18-39/h1-32H/i2D,5D,6D,7D,9D,17D,18D,19D,23D,29D,30D,32D. The number of rotatable bonds is 6. The van der Waals surface area contributed by atoms with Gasteiger partial charge in [0, 0.05) is 38.4 Å². The minimum absolute atomic E-state index is 0.0888. The van der Waals surface area contributed by atoms with E-state index in [0.29, 0.717) is 39.5 Å². The van der Waals surface area contributed by atoms with E-state index >= 15 is 0 Å². The lowest BCUT2D eigenvalue weighted by Gasteiger charge is -2.11. The first-order valence-corrected chi connectivity index (χ1v) is 17.8. The molecule has 0 aliphatic heterocycles. The Balaban J connectivity index is 1.16. The third-order valence-electron chi connectivity index (χ3n) is 9.81. The van der Waals surface area contributed by atoms with Crippen LogP contribution in [-0.4, -0.2) is 19.5 Å². The van der Waals surface area contributed by atoms with E-state index < -0.39 is 78.2 Å². The molecule has 0 N–H and O–H groups in total. The van der Waals surface area contributed by atoms with Crippen LogP contribution in [0.2, 0.25) is 0 Å². The molecule has 0 aliphatic carbocycles. The van der Waals surface area contributed by atoms with Crippen molar-refractivity contribution in [3.05, 3.63) is 194 Å². The molecule has 0 unspecified atom stereocenters. The fraction of sp³-hybridized carbons (Fsp3) is 0. The lowest BCUT2D eigenvalue weighted by atomic mass is 10.0. The Hall–Kier alpha value is -7.63. The second-order valence-corrected chi connectivity index (χ2v) is 13.1. The molecule has 0 fully saturated rings. The fourth-order valence-electron chi connectivity index (χ4n) is 7.17. The summed E-state index contributed by atoms with van der Waals surface area (Å²) >= 11 is 0. The van der Waals surface area contributed by atoms with Crippen LogP contribution in [0, 0.1) is 0 Å². The van der Waals surface area contributed by atoms with Crippen molar-refractivity contribution in [3.8, 4) is 62.1 Å². The summed E-state index contributed by atoms with van der Waals surface area (Å²) in [7, 11) is 0. The van der Waals surface area contributed by atoms with Crippen LogP contribution in [0.4, 0.5) is 0 Å². The number of nitrogens with zero attached hydrogens (tertiary/aromatic N) is 4. The van der Waals surface area contributed by atoms with E-state index in [9.17, 15) is 4.11 Å². The van der Waals surface area contributed by atoms with Gasteiger partial charge in [-0.15, -0.1) is 0 Å². The summed E-state index contributed by atoms with van der Waals surface area (Å²) in [5, 5.41) is 1.36. The molecule has 0 bridgehead atoms. The molecule has 56 heavy (non-hydrogen) atoms. The van der Waals surface area contributed by atoms with Gasteiger partial charge in [-0.3, -0.25) is 0 Å². The first-order chi connectivity index (χ1) is 32.7. The Morgan fingerprint density at radius 1 is 0.429 bits per heavy atom. The molecule has 0 spiro atoms. The van der Waals surface area contributed by atoms with Gasteiger partial charge in [0.05, 0.1) is 33.0 Å². The second-order valence-electron chi connectivity index (χ2n) is 13.1. The summed E-state index contributed by atoms with van der Waals surface area (Å²) in [6, 6.07) is 30.6. The molecule has 0 saturated carbocycles. The maximum absolute atomic E-state index is 9.80. The van der Waals surface area contributed by atoms with Crippen molar-refractivity contribution in [2.24, 2.45) is 0 Å². The molecule has 0 aliphatic rings. The number of benzene rings is 8. The van der Waals surface area contributed by atoms with Gasteiger partial charge in [0.25, 0.3) is 0 Å². The zero-order valence-electron chi connectivity index (χ0n) is 41.2. The number of furan rings is 1. The largest absolute Gasteiger partial charge is 0.455 e. The molecule has 262 valence electrons. The summed E-state index contributed by atoms with van der Waals surface area (Å²) in [5.74, 6) is 0.894. The van der Waals surface area contributed by atoms with Crippen LogP contribution < -0.4 is 0 Å². The topological polar surface area (TPSA) is 56.7 Å². The zero-order chi connectivity index (χ0) is 47.4. The molecule has 5 nitrogen and oxygen atoms in total. The molecule has 11 aromatic rings. The van der Waals surface area contributed by atoms with E-state index in [4.69, 9.17) is 31.7 Å². The SMILES string of the molecule is [2H]c1c([2H])c([2H])c(-n2c3c([2H])c([2H])c([2H])c([2H])c3c3c([2H])c([2H])c(-c4cccc(-c5nc(-c6ccc(-c7ccccc7)cc6)nc(-c6cccc7c6oc6ccccc67)n5)c4)c([2H])c32)c([2H])c1[2H]. The summed E-state index contributed by atoms with van der Waals surface area (Å²) in [6.45, 7) is 0. The lowest BCUT2D eigenvalue weighted by molar-refractivity contribution is 0.669. The third kappa shape index (κ3) is 5.37. The van der Waals surface area contributed by atoms with Crippen molar-refractivity contribution in [2.45, 2.75) is 0 Å². The van der Waals surface area contributed by atoms with Crippen LogP contribution in [0.25, 0.3) is 106 Å². The first kappa shape index (κ1) is 21.9. The fourth-order valence-corrected chi connectivity index (χ4v) is 7.17. The van der Waals surface area contributed by atoms with Crippen LogP contribution in [0.3, 0.4) is 0 Å². The van der Waals surface area contributed by atoms with Crippen LogP contribution in [-0.2, 0) is 0 Å². The van der Waals surface area contributed by atoms with Gasteiger partial charge in [-0.25, -0.2) is 15.0 Å². The lowest BCUT2D eigenvalue weighted by Crippen LogP contribution is -2.00. The first-order valence-electron chi connectivity index (χ1n) is 23.8. The van der Waals surface area contributed by atoms with Gasteiger partial charge in [-0.2, -0.15) is 0 Å². The molecule has 0 radical (unpaired) electrons. The van der Waals surface area contributed by atoms with Crippen LogP contribution in [0.5, 0.6) is 0 Å². The van der Waals surface area contributed by atoms with Crippen LogP contribution in [0.1, 0.15) is 16.4 Å². The molecule has 0 amide bonds. The monoisotopic (exact) mass is 728 g/mol. The van der Waals surface area contributed by atoms with Crippen molar-refractivity contribution < 1.29 is 20.9 Å². The summed E-state index contributed by atoms with van der Waals surface area (Å²) in [5.41, 5.74) is 4.21. The van der Waals surface area contributed by atoms with Gasteiger partial charge in [-0.1, -0.05) is 151 Å². The van der Waals surface area contributed by atoms with Gasteiger partial charge in [0.1, 0.15) is 11.2 Å². The molecule has 0 atom stereocenters. The van der Waals surface area contributed by atoms with Gasteiger partial charge >= 0.3 is 0 Å². The molecule has 5 heteroatoms. The number of hydrogen-bond donors (Lipinski definition) is 0. The number of fused-ring (bicyclic) bond motifs is 6. The quantitative estimate of drug-likeness (QED) is 0.171. The Morgan fingerprint density at radius 3 is 1.95 bits per heavy atom. The molecule has 11 rings (SSSR count). The van der Waals surface area contributed by atoms with Crippen LogP contribution in [0.15, 0.2) is 198 Å². The average Bonchev–Trinajstić information content (AvgIpc) is 3.93. The molecule has 0 saturated heterocycles. The van der Waals surface area contributed by atoms with Crippen molar-refractivity contribution in [1.82, 2.24) is 19.5 Å². The van der Waals surface area contributed by atoms with Gasteiger partial charge in [-0.05, 0) is 64.6 Å². The van der Waals surface area contributed by atoms with Gasteiger partial charge in [0.2, 0.25) is 0 Å². The maximum Gasteiger partial charge on any atom is 0.167 e. The highest BCUT2D eigenvalue weighted by molar-refractivity contribution is 6.11. The highest BCUT2D eigenvalue weighted by Gasteiger charge is 2.19. The van der Waals surface area contributed by atoms with E-state index in [-0.39, 0.29) is 38.8 Å². The average molecular weight is 729 g/mol. The Morgan fingerprint density at radius 2 is 1.07 bits per heavy atom. The second kappa shape index (κ2) is 13.0. The van der Waals surface area contributed by atoms with E-state index in [2.05, 4.69) is 0 Å².